The van der Waals surface area contributed by atoms with Gasteiger partial charge in [0.25, 0.3) is 0 Å². The molecule has 0 bridgehead atoms. The standard InChI is InChI=1S/C24H26OSSi/c1-27(2,21-16-10-5-11-17-21)22-18-25-23(19-12-6-3-7-13-19)24(22)26-20-14-8-4-9-15-20/h3-17,22-24H,18H2,1-2H3/t22-,23-,24+/m0/s1. The highest BCUT2D eigenvalue weighted by molar-refractivity contribution is 8.00. The normalized spacial score (nSPS) is 22.7. The summed E-state index contributed by atoms with van der Waals surface area (Å²) in [5.74, 6) is 0. The SMILES string of the molecule is C[Si](C)(c1ccccc1)[C@H]1CO[C@@H](c2ccccc2)[C@@H]1Sc1ccccc1. The van der Waals surface area contributed by atoms with Crippen LogP contribution in [0.5, 0.6) is 0 Å². The van der Waals surface area contributed by atoms with E-state index < -0.39 is 8.07 Å². The minimum atomic E-state index is -1.68. The highest BCUT2D eigenvalue weighted by Gasteiger charge is 2.47. The Balaban J connectivity index is 1.69. The van der Waals surface area contributed by atoms with Crippen LogP contribution >= 0.6 is 11.8 Å². The average molecular weight is 391 g/mol. The van der Waals surface area contributed by atoms with Crippen LogP contribution in [0.2, 0.25) is 18.6 Å². The highest BCUT2D eigenvalue weighted by atomic mass is 32.2. The molecule has 1 aliphatic rings. The van der Waals surface area contributed by atoms with E-state index in [9.17, 15) is 0 Å². The highest BCUT2D eigenvalue weighted by Crippen LogP contribution is 2.49. The Morgan fingerprint density at radius 1 is 0.778 bits per heavy atom. The molecule has 3 atom stereocenters. The second kappa shape index (κ2) is 8.05. The van der Waals surface area contributed by atoms with Gasteiger partial charge >= 0.3 is 0 Å². The molecule has 0 saturated carbocycles. The second-order valence-corrected chi connectivity index (χ2v) is 13.8. The summed E-state index contributed by atoms with van der Waals surface area (Å²) in [6.07, 6.45) is 0.150. The molecule has 4 rings (SSSR count). The lowest BCUT2D eigenvalue weighted by atomic mass is 10.1. The van der Waals surface area contributed by atoms with Crippen molar-refractivity contribution in [2.24, 2.45) is 0 Å². The molecule has 1 fully saturated rings. The van der Waals surface area contributed by atoms with Gasteiger partial charge in [0, 0.05) is 16.8 Å². The summed E-state index contributed by atoms with van der Waals surface area (Å²) in [5, 5.41) is 1.95. The molecule has 0 amide bonds. The molecule has 1 nitrogen and oxygen atoms in total. The van der Waals surface area contributed by atoms with Crippen molar-refractivity contribution in [3.63, 3.8) is 0 Å². The van der Waals surface area contributed by atoms with E-state index >= 15 is 0 Å². The van der Waals surface area contributed by atoms with Gasteiger partial charge in [-0.25, -0.2) is 0 Å². The van der Waals surface area contributed by atoms with Gasteiger partial charge in [-0.3, -0.25) is 0 Å². The van der Waals surface area contributed by atoms with Crippen LogP contribution in [0.4, 0.5) is 0 Å². The Bertz CT molecular complexity index is 851. The Kier molecular flexibility index (Phi) is 5.53. The fourth-order valence-electron chi connectivity index (χ4n) is 4.04. The quantitative estimate of drug-likeness (QED) is 0.501. The molecule has 0 unspecified atom stereocenters. The van der Waals surface area contributed by atoms with Crippen LogP contribution in [0.25, 0.3) is 0 Å². The summed E-state index contributed by atoms with van der Waals surface area (Å²) in [4.78, 5) is 1.33. The van der Waals surface area contributed by atoms with Gasteiger partial charge in [0.1, 0.15) is 0 Å². The maximum absolute atomic E-state index is 6.46. The van der Waals surface area contributed by atoms with Crippen LogP contribution < -0.4 is 5.19 Å². The molecule has 1 aliphatic heterocycles. The summed E-state index contributed by atoms with van der Waals surface area (Å²) >= 11 is 1.99. The fraction of sp³-hybridized carbons (Fsp3) is 0.250. The van der Waals surface area contributed by atoms with Gasteiger partial charge in [0.15, 0.2) is 0 Å². The van der Waals surface area contributed by atoms with E-state index in [1.165, 1.54) is 15.6 Å². The van der Waals surface area contributed by atoms with Crippen molar-refractivity contribution in [2.45, 2.75) is 34.9 Å². The Labute approximate surface area is 167 Å². The lowest BCUT2D eigenvalue weighted by molar-refractivity contribution is 0.114. The zero-order valence-electron chi connectivity index (χ0n) is 15.9. The van der Waals surface area contributed by atoms with E-state index in [1.807, 2.05) is 11.8 Å². The third-order valence-corrected chi connectivity index (χ3v) is 11.6. The number of ether oxygens (including phenoxy) is 1. The maximum Gasteiger partial charge on any atom is 0.0947 e. The minimum absolute atomic E-state index is 0.150. The molecule has 1 saturated heterocycles. The van der Waals surface area contributed by atoms with E-state index in [0.29, 0.717) is 10.8 Å². The molecule has 0 spiro atoms. The van der Waals surface area contributed by atoms with E-state index in [1.54, 1.807) is 0 Å². The first-order chi connectivity index (χ1) is 13.2. The Morgan fingerprint density at radius 3 is 1.96 bits per heavy atom. The third kappa shape index (κ3) is 3.91. The van der Waals surface area contributed by atoms with Crippen molar-refractivity contribution in [1.29, 1.82) is 0 Å². The van der Waals surface area contributed by atoms with E-state index in [4.69, 9.17) is 4.74 Å². The van der Waals surface area contributed by atoms with Gasteiger partial charge in [0.05, 0.1) is 14.2 Å². The maximum atomic E-state index is 6.46. The molecule has 3 aromatic rings. The van der Waals surface area contributed by atoms with Crippen LogP contribution in [0.15, 0.2) is 95.9 Å². The molecule has 3 aromatic carbocycles. The van der Waals surface area contributed by atoms with Gasteiger partial charge in [0.2, 0.25) is 0 Å². The monoisotopic (exact) mass is 390 g/mol. The lowest BCUT2D eigenvalue weighted by Gasteiger charge is -2.34. The summed E-state index contributed by atoms with van der Waals surface area (Å²) in [6, 6.07) is 32.6. The zero-order chi connectivity index (χ0) is 18.7. The van der Waals surface area contributed by atoms with Crippen LogP contribution in [0, 0.1) is 0 Å². The minimum Gasteiger partial charge on any atom is -0.372 e. The fourth-order valence-corrected chi connectivity index (χ4v) is 9.48. The van der Waals surface area contributed by atoms with Gasteiger partial charge in [-0.2, -0.15) is 0 Å². The zero-order valence-corrected chi connectivity index (χ0v) is 17.7. The van der Waals surface area contributed by atoms with E-state index in [-0.39, 0.29) is 6.10 Å². The molecule has 3 heteroatoms. The molecule has 138 valence electrons. The summed E-state index contributed by atoms with van der Waals surface area (Å²) in [5.41, 5.74) is 1.86. The van der Waals surface area contributed by atoms with Crippen molar-refractivity contribution in [1.82, 2.24) is 0 Å². The smallest absolute Gasteiger partial charge is 0.0947 e. The first-order valence-corrected chi connectivity index (χ1v) is 13.6. The summed E-state index contributed by atoms with van der Waals surface area (Å²) < 4.78 is 6.46. The van der Waals surface area contributed by atoms with Crippen molar-refractivity contribution >= 4 is 25.0 Å². The molecule has 0 radical (unpaired) electrons. The number of hydrogen-bond donors (Lipinski definition) is 0. The van der Waals surface area contributed by atoms with Gasteiger partial charge in [-0.15, -0.1) is 11.8 Å². The van der Waals surface area contributed by atoms with Gasteiger partial charge in [-0.1, -0.05) is 97.1 Å². The predicted molar refractivity (Wildman–Crippen MR) is 119 cm³/mol. The van der Waals surface area contributed by atoms with Crippen LogP contribution in [-0.4, -0.2) is 19.9 Å². The van der Waals surface area contributed by atoms with Crippen molar-refractivity contribution in [3.8, 4) is 0 Å². The van der Waals surface area contributed by atoms with Crippen molar-refractivity contribution in [2.75, 3.05) is 6.61 Å². The first kappa shape index (κ1) is 18.5. The number of rotatable bonds is 5. The molecular weight excluding hydrogens is 364 g/mol. The third-order valence-electron chi connectivity index (χ3n) is 5.74. The first-order valence-electron chi connectivity index (χ1n) is 9.60. The van der Waals surface area contributed by atoms with Crippen LogP contribution in [-0.2, 0) is 4.74 Å². The molecule has 0 aliphatic carbocycles. The largest absolute Gasteiger partial charge is 0.372 e. The molecule has 27 heavy (non-hydrogen) atoms. The number of thioether (sulfide) groups is 1. The lowest BCUT2D eigenvalue weighted by Crippen LogP contribution is -2.49. The molecule has 0 aromatic heterocycles. The van der Waals surface area contributed by atoms with Crippen LogP contribution in [0.3, 0.4) is 0 Å². The number of benzene rings is 3. The van der Waals surface area contributed by atoms with Gasteiger partial charge < -0.3 is 4.74 Å². The molecule has 1 heterocycles. The second-order valence-electron chi connectivity index (χ2n) is 7.75. The van der Waals surface area contributed by atoms with E-state index in [0.717, 1.165) is 6.61 Å². The number of hydrogen-bond acceptors (Lipinski definition) is 2. The average Bonchev–Trinajstić information content (AvgIpc) is 3.14. The van der Waals surface area contributed by atoms with Crippen molar-refractivity contribution in [3.05, 3.63) is 96.6 Å². The summed E-state index contributed by atoms with van der Waals surface area (Å²) in [6.45, 7) is 5.85. The van der Waals surface area contributed by atoms with Crippen molar-refractivity contribution < 1.29 is 4.74 Å². The predicted octanol–water partition coefficient (Wildman–Crippen LogP) is 5.90. The van der Waals surface area contributed by atoms with Crippen LogP contribution in [0.1, 0.15) is 11.7 Å². The molecular formula is C24H26OSSi. The van der Waals surface area contributed by atoms with Gasteiger partial charge in [-0.05, 0) is 23.2 Å². The molecule has 0 N–H and O–H groups in total. The van der Waals surface area contributed by atoms with E-state index in [2.05, 4.69) is 104 Å². The Morgan fingerprint density at radius 2 is 1.33 bits per heavy atom. The topological polar surface area (TPSA) is 9.23 Å². The summed E-state index contributed by atoms with van der Waals surface area (Å²) in [7, 11) is -1.68. The Hall–Kier alpha value is -1.81.